The SMILES string of the molecule is CCCC(C)C(CC)CC1CCN(CCCO)CC1. The van der Waals surface area contributed by atoms with E-state index < -0.39 is 0 Å². The highest BCUT2D eigenvalue weighted by molar-refractivity contribution is 4.76. The van der Waals surface area contributed by atoms with E-state index >= 15 is 0 Å². The Morgan fingerprint density at radius 3 is 2.42 bits per heavy atom. The summed E-state index contributed by atoms with van der Waals surface area (Å²) >= 11 is 0. The summed E-state index contributed by atoms with van der Waals surface area (Å²) in [7, 11) is 0. The molecule has 2 unspecified atom stereocenters. The van der Waals surface area contributed by atoms with Gasteiger partial charge < -0.3 is 10.0 Å². The summed E-state index contributed by atoms with van der Waals surface area (Å²) in [6, 6.07) is 0. The Morgan fingerprint density at radius 2 is 1.89 bits per heavy atom. The molecule has 1 rings (SSSR count). The summed E-state index contributed by atoms with van der Waals surface area (Å²) < 4.78 is 0. The first-order chi connectivity index (χ1) is 9.21. The van der Waals surface area contributed by atoms with Crippen LogP contribution >= 0.6 is 0 Å². The molecule has 1 heterocycles. The Bertz CT molecular complexity index is 211. The number of hydrogen-bond donors (Lipinski definition) is 1. The lowest BCUT2D eigenvalue weighted by Gasteiger charge is -2.34. The lowest BCUT2D eigenvalue weighted by atomic mass is 9.79. The number of likely N-dealkylation sites (tertiary alicyclic amines) is 1. The highest BCUT2D eigenvalue weighted by atomic mass is 16.3. The maximum atomic E-state index is 8.88. The third-order valence-corrected chi connectivity index (χ3v) is 5.05. The molecule has 1 aliphatic heterocycles. The van der Waals surface area contributed by atoms with E-state index in [0.717, 1.165) is 30.7 Å². The largest absolute Gasteiger partial charge is 0.396 e. The van der Waals surface area contributed by atoms with Crippen molar-refractivity contribution in [1.29, 1.82) is 0 Å². The average molecular weight is 269 g/mol. The van der Waals surface area contributed by atoms with E-state index in [1.807, 2.05) is 0 Å². The Labute approximate surface area is 120 Å². The molecule has 0 bridgehead atoms. The van der Waals surface area contributed by atoms with Crippen LogP contribution in [0.5, 0.6) is 0 Å². The maximum absolute atomic E-state index is 8.88. The molecule has 2 atom stereocenters. The summed E-state index contributed by atoms with van der Waals surface area (Å²) in [6.45, 7) is 11.1. The molecule has 0 saturated carbocycles. The van der Waals surface area contributed by atoms with Crippen LogP contribution in [0.4, 0.5) is 0 Å². The van der Waals surface area contributed by atoms with Crippen molar-refractivity contribution in [2.45, 2.75) is 65.7 Å². The third-order valence-electron chi connectivity index (χ3n) is 5.05. The Kier molecular flexibility index (Phi) is 8.72. The monoisotopic (exact) mass is 269 g/mol. The molecule has 1 saturated heterocycles. The number of rotatable bonds is 9. The van der Waals surface area contributed by atoms with Gasteiger partial charge in [-0.25, -0.2) is 0 Å². The van der Waals surface area contributed by atoms with Gasteiger partial charge in [0, 0.05) is 13.2 Å². The van der Waals surface area contributed by atoms with Crippen molar-refractivity contribution in [3.05, 3.63) is 0 Å². The van der Waals surface area contributed by atoms with Crippen molar-refractivity contribution in [1.82, 2.24) is 4.90 Å². The minimum absolute atomic E-state index is 0.340. The number of piperidine rings is 1. The molecule has 2 nitrogen and oxygen atoms in total. The van der Waals surface area contributed by atoms with E-state index in [-0.39, 0.29) is 0 Å². The summed E-state index contributed by atoms with van der Waals surface area (Å²) in [6.07, 6.45) is 9.22. The van der Waals surface area contributed by atoms with Gasteiger partial charge >= 0.3 is 0 Å². The van der Waals surface area contributed by atoms with E-state index in [1.54, 1.807) is 0 Å². The van der Waals surface area contributed by atoms with E-state index in [4.69, 9.17) is 5.11 Å². The Hall–Kier alpha value is -0.0800. The van der Waals surface area contributed by atoms with E-state index in [1.165, 1.54) is 51.6 Å². The lowest BCUT2D eigenvalue weighted by Crippen LogP contribution is -2.35. The molecule has 114 valence electrons. The smallest absolute Gasteiger partial charge is 0.0443 e. The van der Waals surface area contributed by atoms with E-state index in [9.17, 15) is 0 Å². The minimum atomic E-state index is 0.340. The van der Waals surface area contributed by atoms with Crippen LogP contribution in [0.1, 0.15) is 65.7 Å². The third kappa shape index (κ3) is 6.27. The molecule has 0 aromatic rings. The molecule has 0 spiro atoms. The fourth-order valence-corrected chi connectivity index (χ4v) is 3.66. The second-order valence-corrected chi connectivity index (χ2v) is 6.53. The minimum Gasteiger partial charge on any atom is -0.396 e. The summed E-state index contributed by atoms with van der Waals surface area (Å²) in [5.74, 6) is 2.80. The highest BCUT2D eigenvalue weighted by Gasteiger charge is 2.23. The number of aliphatic hydroxyl groups is 1. The highest BCUT2D eigenvalue weighted by Crippen LogP contribution is 2.31. The fourth-order valence-electron chi connectivity index (χ4n) is 3.66. The van der Waals surface area contributed by atoms with Crippen LogP contribution in [0.25, 0.3) is 0 Å². The van der Waals surface area contributed by atoms with E-state index in [2.05, 4.69) is 25.7 Å². The van der Waals surface area contributed by atoms with Crippen molar-refractivity contribution in [2.75, 3.05) is 26.2 Å². The normalized spacial score (nSPS) is 21.5. The number of aliphatic hydroxyl groups excluding tert-OH is 1. The molecule has 1 fully saturated rings. The van der Waals surface area contributed by atoms with E-state index in [0.29, 0.717) is 6.61 Å². The van der Waals surface area contributed by atoms with Crippen molar-refractivity contribution in [2.24, 2.45) is 17.8 Å². The van der Waals surface area contributed by atoms with Crippen molar-refractivity contribution in [3.8, 4) is 0 Å². The molecular weight excluding hydrogens is 234 g/mol. The maximum Gasteiger partial charge on any atom is 0.0443 e. The van der Waals surface area contributed by atoms with Gasteiger partial charge in [0.15, 0.2) is 0 Å². The van der Waals surface area contributed by atoms with Crippen LogP contribution in [-0.4, -0.2) is 36.2 Å². The molecular formula is C17H35NO. The zero-order chi connectivity index (χ0) is 14.1. The van der Waals surface area contributed by atoms with Gasteiger partial charge in [-0.1, -0.05) is 40.0 Å². The van der Waals surface area contributed by atoms with Gasteiger partial charge in [0.2, 0.25) is 0 Å². The van der Waals surface area contributed by atoms with Gasteiger partial charge in [-0.3, -0.25) is 0 Å². The van der Waals surface area contributed by atoms with Crippen LogP contribution in [-0.2, 0) is 0 Å². The first-order valence-electron chi connectivity index (χ1n) is 8.54. The first kappa shape index (κ1) is 17.0. The molecule has 0 aromatic heterocycles. The van der Waals surface area contributed by atoms with Gasteiger partial charge in [0.25, 0.3) is 0 Å². The van der Waals surface area contributed by atoms with Crippen LogP contribution in [0.3, 0.4) is 0 Å². The predicted octanol–water partition coefficient (Wildman–Crippen LogP) is 3.93. The molecule has 0 aromatic carbocycles. The fraction of sp³-hybridized carbons (Fsp3) is 1.00. The number of hydrogen-bond acceptors (Lipinski definition) is 2. The van der Waals surface area contributed by atoms with Crippen molar-refractivity contribution in [3.63, 3.8) is 0 Å². The zero-order valence-corrected chi connectivity index (χ0v) is 13.4. The summed E-state index contributed by atoms with van der Waals surface area (Å²) in [5.41, 5.74) is 0. The standard InChI is InChI=1S/C17H35NO/c1-4-7-15(3)17(5-2)14-16-8-11-18(12-9-16)10-6-13-19/h15-17,19H,4-14H2,1-3H3. The first-order valence-corrected chi connectivity index (χ1v) is 8.54. The van der Waals surface area contributed by atoms with Crippen LogP contribution in [0.2, 0.25) is 0 Å². The molecule has 19 heavy (non-hydrogen) atoms. The van der Waals surface area contributed by atoms with Crippen LogP contribution in [0, 0.1) is 17.8 Å². The van der Waals surface area contributed by atoms with Crippen molar-refractivity contribution >= 4 is 0 Å². The predicted molar refractivity (Wildman–Crippen MR) is 83.3 cm³/mol. The summed E-state index contributed by atoms with van der Waals surface area (Å²) in [5, 5.41) is 8.88. The molecule has 0 radical (unpaired) electrons. The van der Waals surface area contributed by atoms with Gasteiger partial charge in [0.1, 0.15) is 0 Å². The van der Waals surface area contributed by atoms with Crippen molar-refractivity contribution < 1.29 is 5.11 Å². The second kappa shape index (κ2) is 9.77. The van der Waals surface area contributed by atoms with Gasteiger partial charge in [-0.05, 0) is 56.5 Å². The van der Waals surface area contributed by atoms with Gasteiger partial charge in [-0.2, -0.15) is 0 Å². The van der Waals surface area contributed by atoms with Crippen LogP contribution < -0.4 is 0 Å². The Morgan fingerprint density at radius 1 is 1.21 bits per heavy atom. The van der Waals surface area contributed by atoms with Gasteiger partial charge in [-0.15, -0.1) is 0 Å². The molecule has 0 amide bonds. The molecule has 2 heteroatoms. The topological polar surface area (TPSA) is 23.5 Å². The van der Waals surface area contributed by atoms with Crippen LogP contribution in [0.15, 0.2) is 0 Å². The summed E-state index contributed by atoms with van der Waals surface area (Å²) in [4.78, 5) is 2.53. The lowest BCUT2D eigenvalue weighted by molar-refractivity contribution is 0.143. The molecule has 1 N–H and O–H groups in total. The Balaban J connectivity index is 2.26. The quantitative estimate of drug-likeness (QED) is 0.685. The van der Waals surface area contributed by atoms with Gasteiger partial charge in [0.05, 0.1) is 0 Å². The number of nitrogens with zero attached hydrogens (tertiary/aromatic N) is 1. The zero-order valence-electron chi connectivity index (χ0n) is 13.4. The second-order valence-electron chi connectivity index (χ2n) is 6.53. The molecule has 1 aliphatic rings. The molecule has 0 aliphatic carbocycles. The average Bonchev–Trinajstić information content (AvgIpc) is 2.44.